The van der Waals surface area contributed by atoms with Crippen molar-refractivity contribution in [3.8, 4) is 11.4 Å². The third kappa shape index (κ3) is 3.72. The molecule has 0 saturated heterocycles. The number of nitrogens with two attached hydrogens (primary N) is 1. The van der Waals surface area contributed by atoms with Gasteiger partial charge in [0, 0.05) is 23.0 Å². The van der Waals surface area contributed by atoms with Gasteiger partial charge in [0.05, 0.1) is 16.3 Å². The second-order valence-electron chi connectivity index (χ2n) is 5.09. The van der Waals surface area contributed by atoms with Gasteiger partial charge in [-0.2, -0.15) is 4.98 Å². The second-order valence-corrected chi connectivity index (χ2v) is 5.94. The zero-order chi connectivity index (χ0) is 18.0. The Hall–Kier alpha value is -2.64. The van der Waals surface area contributed by atoms with E-state index in [9.17, 15) is 4.79 Å². The number of hydrogen-bond acceptors (Lipinski definition) is 7. The Balaban J connectivity index is 1.78. The van der Waals surface area contributed by atoms with Crippen molar-refractivity contribution in [1.82, 2.24) is 15.1 Å². The van der Waals surface area contributed by atoms with Crippen molar-refractivity contribution in [2.75, 3.05) is 5.73 Å². The highest BCUT2D eigenvalue weighted by atomic mass is 35.5. The van der Waals surface area contributed by atoms with E-state index in [1.807, 2.05) is 0 Å². The summed E-state index contributed by atoms with van der Waals surface area (Å²) in [6.45, 7) is 1.60. The van der Waals surface area contributed by atoms with E-state index in [4.69, 9.17) is 38.2 Å². The normalized spacial score (nSPS) is 12.0. The lowest BCUT2D eigenvalue weighted by molar-refractivity contribution is 0.0266. The van der Waals surface area contributed by atoms with E-state index >= 15 is 0 Å². The zero-order valence-electron chi connectivity index (χ0n) is 12.9. The summed E-state index contributed by atoms with van der Waals surface area (Å²) < 4.78 is 10.5. The molecule has 3 aromatic rings. The van der Waals surface area contributed by atoms with Gasteiger partial charge in [-0.3, -0.25) is 4.98 Å². The fraction of sp³-hybridized carbons (Fsp3) is 0.125. The van der Waals surface area contributed by atoms with Crippen LogP contribution in [0.25, 0.3) is 11.4 Å². The Bertz CT molecular complexity index is 915. The van der Waals surface area contributed by atoms with E-state index in [1.54, 1.807) is 31.5 Å². The first-order valence-corrected chi connectivity index (χ1v) is 7.91. The Morgan fingerprint density at radius 1 is 1.36 bits per heavy atom. The summed E-state index contributed by atoms with van der Waals surface area (Å²) in [6.07, 6.45) is 2.44. The monoisotopic (exact) mass is 378 g/mol. The van der Waals surface area contributed by atoms with E-state index < -0.39 is 12.1 Å². The van der Waals surface area contributed by atoms with Gasteiger partial charge in [-0.1, -0.05) is 28.4 Å². The van der Waals surface area contributed by atoms with Gasteiger partial charge >= 0.3 is 5.97 Å². The van der Waals surface area contributed by atoms with E-state index in [0.717, 1.165) is 0 Å². The molecule has 25 heavy (non-hydrogen) atoms. The highest BCUT2D eigenvalue weighted by Crippen LogP contribution is 2.29. The molecule has 0 radical (unpaired) electrons. The predicted octanol–water partition coefficient (Wildman–Crippen LogP) is 3.94. The van der Waals surface area contributed by atoms with Gasteiger partial charge in [0.15, 0.2) is 6.10 Å². The average Bonchev–Trinajstić information content (AvgIpc) is 3.09. The summed E-state index contributed by atoms with van der Waals surface area (Å²) in [5.41, 5.74) is 6.63. The van der Waals surface area contributed by atoms with E-state index in [2.05, 4.69) is 15.1 Å². The van der Waals surface area contributed by atoms with Crippen molar-refractivity contribution in [3.63, 3.8) is 0 Å². The van der Waals surface area contributed by atoms with Crippen LogP contribution in [0.1, 0.15) is 29.3 Å². The Labute approximate surface area is 152 Å². The SMILES string of the molecule is C[C@H](OC(=O)c1cc(Cl)cc(Cl)c1N)c1nc(-c2cccnc2)no1. The van der Waals surface area contributed by atoms with Crippen molar-refractivity contribution in [2.24, 2.45) is 0 Å². The first-order valence-electron chi connectivity index (χ1n) is 7.15. The number of rotatable bonds is 4. The van der Waals surface area contributed by atoms with Crippen molar-refractivity contribution < 1.29 is 14.1 Å². The second kappa shape index (κ2) is 7.08. The molecule has 0 aliphatic carbocycles. The number of anilines is 1. The molecule has 0 bridgehead atoms. The highest BCUT2D eigenvalue weighted by Gasteiger charge is 2.22. The number of benzene rings is 1. The summed E-state index contributed by atoms with van der Waals surface area (Å²) in [5.74, 6) is -0.217. The fourth-order valence-electron chi connectivity index (χ4n) is 2.04. The molecule has 7 nitrogen and oxygen atoms in total. The van der Waals surface area contributed by atoms with Gasteiger partial charge < -0.3 is 15.0 Å². The van der Waals surface area contributed by atoms with Gasteiger partial charge in [0.25, 0.3) is 5.89 Å². The molecule has 0 saturated carbocycles. The predicted molar refractivity (Wildman–Crippen MR) is 92.2 cm³/mol. The Morgan fingerprint density at radius 3 is 2.88 bits per heavy atom. The molecule has 0 fully saturated rings. The molecule has 128 valence electrons. The summed E-state index contributed by atoms with van der Waals surface area (Å²) in [6, 6.07) is 6.36. The van der Waals surface area contributed by atoms with Crippen molar-refractivity contribution in [2.45, 2.75) is 13.0 Å². The van der Waals surface area contributed by atoms with E-state index in [1.165, 1.54) is 12.1 Å². The Morgan fingerprint density at radius 2 is 2.16 bits per heavy atom. The maximum atomic E-state index is 12.3. The van der Waals surface area contributed by atoms with Crippen LogP contribution in [0.2, 0.25) is 10.0 Å². The van der Waals surface area contributed by atoms with Gasteiger partial charge in [-0.05, 0) is 31.2 Å². The first kappa shape index (κ1) is 17.2. The standard InChI is InChI=1S/C16H12Cl2N4O3/c1-8(15-21-14(22-25-15)9-3-2-4-20-7-9)24-16(23)11-5-10(17)6-12(18)13(11)19/h2-8H,19H2,1H3/t8-/m0/s1. The lowest BCUT2D eigenvalue weighted by Crippen LogP contribution is -2.12. The minimum atomic E-state index is -0.789. The molecule has 2 heterocycles. The highest BCUT2D eigenvalue weighted by molar-refractivity contribution is 6.37. The van der Waals surface area contributed by atoms with Crippen LogP contribution in [0.3, 0.4) is 0 Å². The number of ether oxygens (including phenoxy) is 1. The molecular weight excluding hydrogens is 367 g/mol. The van der Waals surface area contributed by atoms with Crippen LogP contribution in [-0.2, 0) is 4.74 Å². The summed E-state index contributed by atoms with van der Waals surface area (Å²) in [4.78, 5) is 20.5. The zero-order valence-corrected chi connectivity index (χ0v) is 14.5. The topological polar surface area (TPSA) is 104 Å². The van der Waals surface area contributed by atoms with Crippen LogP contribution in [-0.4, -0.2) is 21.1 Å². The molecule has 2 N–H and O–H groups in total. The molecule has 2 aromatic heterocycles. The van der Waals surface area contributed by atoms with Gasteiger partial charge in [-0.15, -0.1) is 0 Å². The van der Waals surface area contributed by atoms with Gasteiger partial charge in [0.1, 0.15) is 0 Å². The number of nitrogen functional groups attached to an aromatic ring is 1. The lowest BCUT2D eigenvalue weighted by atomic mass is 10.2. The first-order chi connectivity index (χ1) is 12.0. The third-order valence-electron chi connectivity index (χ3n) is 3.31. The minimum Gasteiger partial charge on any atom is -0.449 e. The number of esters is 1. The van der Waals surface area contributed by atoms with E-state index in [0.29, 0.717) is 11.4 Å². The molecule has 9 heteroatoms. The lowest BCUT2D eigenvalue weighted by Gasteiger charge is -2.11. The molecular formula is C16H12Cl2N4O3. The molecule has 1 atom stereocenters. The maximum absolute atomic E-state index is 12.3. The smallest absolute Gasteiger partial charge is 0.341 e. The summed E-state index contributed by atoms with van der Waals surface area (Å²) >= 11 is 11.8. The van der Waals surface area contributed by atoms with Crippen LogP contribution in [0.15, 0.2) is 41.2 Å². The van der Waals surface area contributed by atoms with Crippen molar-refractivity contribution in [1.29, 1.82) is 0 Å². The fourth-order valence-corrected chi connectivity index (χ4v) is 2.53. The van der Waals surface area contributed by atoms with Crippen molar-refractivity contribution >= 4 is 34.9 Å². The Kier molecular flexibility index (Phi) is 4.87. The molecule has 0 aliphatic rings. The van der Waals surface area contributed by atoms with Crippen LogP contribution in [0.4, 0.5) is 5.69 Å². The van der Waals surface area contributed by atoms with E-state index in [-0.39, 0.29) is 27.2 Å². The quantitative estimate of drug-likeness (QED) is 0.541. The molecule has 0 aliphatic heterocycles. The van der Waals surface area contributed by atoms with Crippen molar-refractivity contribution in [3.05, 3.63) is 58.2 Å². The number of halogens is 2. The van der Waals surface area contributed by atoms with Gasteiger partial charge in [-0.25, -0.2) is 4.79 Å². The number of pyridine rings is 1. The number of aromatic nitrogens is 3. The number of carbonyl (C=O) groups excluding carboxylic acids is 1. The van der Waals surface area contributed by atoms with Crippen LogP contribution in [0.5, 0.6) is 0 Å². The number of hydrogen-bond donors (Lipinski definition) is 1. The van der Waals surface area contributed by atoms with Crippen LogP contribution < -0.4 is 5.73 Å². The summed E-state index contributed by atoms with van der Waals surface area (Å²) in [7, 11) is 0. The number of nitrogens with zero attached hydrogens (tertiary/aromatic N) is 3. The number of carbonyl (C=O) groups is 1. The molecule has 1 aromatic carbocycles. The minimum absolute atomic E-state index is 0.0661. The maximum Gasteiger partial charge on any atom is 0.341 e. The molecule has 0 unspecified atom stereocenters. The van der Waals surface area contributed by atoms with Crippen LogP contribution in [0, 0.1) is 0 Å². The van der Waals surface area contributed by atoms with Crippen LogP contribution >= 0.6 is 23.2 Å². The third-order valence-corrected chi connectivity index (χ3v) is 3.84. The average molecular weight is 379 g/mol. The summed E-state index contributed by atoms with van der Waals surface area (Å²) in [5, 5.41) is 4.29. The molecule has 0 spiro atoms. The largest absolute Gasteiger partial charge is 0.449 e. The molecule has 3 rings (SSSR count). The van der Waals surface area contributed by atoms with Gasteiger partial charge in [0.2, 0.25) is 5.82 Å². The molecule has 0 amide bonds.